The smallest absolute Gasteiger partial charge is 0.339 e. The number of imide groups is 1. The number of fused-ring (bicyclic) bond motifs is 5. The number of amides is 2. The molecule has 0 bridgehead atoms. The lowest BCUT2D eigenvalue weighted by atomic mass is 9.46. The number of aromatic hydroxyl groups is 2. The number of benzene rings is 3. The van der Waals surface area contributed by atoms with E-state index in [0.717, 1.165) is 33.6 Å². The second kappa shape index (κ2) is 9.72. The average Bonchev–Trinajstić information content (AvgIpc) is 3.28. The number of rotatable bonds is 3. The highest BCUT2D eigenvalue weighted by Gasteiger charge is 2.64. The largest absolute Gasteiger partial charge is 0.507 e. The van der Waals surface area contributed by atoms with Crippen molar-refractivity contribution < 1.29 is 39.3 Å². The van der Waals surface area contributed by atoms with Crippen LogP contribution in [0.1, 0.15) is 55.5 Å². The minimum absolute atomic E-state index is 0.0727. The van der Waals surface area contributed by atoms with Crippen molar-refractivity contribution in [3.8, 4) is 11.5 Å². The minimum Gasteiger partial charge on any atom is -0.507 e. The number of carbonyl (C=O) groups excluding carboxylic acids is 4. The number of Topliss-reactive ketones (excluding diaryl/α,β-unsaturated/α-hetero) is 2. The first kappa shape index (κ1) is 28.7. The zero-order chi connectivity index (χ0) is 32.1. The summed E-state index contributed by atoms with van der Waals surface area (Å²) in [6.07, 6.45) is 2.40. The fourth-order valence-corrected chi connectivity index (χ4v) is 8.58. The van der Waals surface area contributed by atoms with Crippen molar-refractivity contribution >= 4 is 45.8 Å². The van der Waals surface area contributed by atoms with Crippen LogP contribution >= 0.6 is 0 Å². The predicted molar refractivity (Wildman–Crippen MR) is 164 cm³/mol. The van der Waals surface area contributed by atoms with Crippen LogP contribution < -0.4 is 4.90 Å². The second-order valence-corrected chi connectivity index (χ2v) is 12.9. The Labute approximate surface area is 258 Å². The number of carboxylic acid groups (broad SMARTS) is 1. The zero-order valence-corrected chi connectivity index (χ0v) is 24.9. The molecule has 9 heteroatoms. The van der Waals surface area contributed by atoms with Gasteiger partial charge >= 0.3 is 5.97 Å². The van der Waals surface area contributed by atoms with Crippen LogP contribution in [0.3, 0.4) is 0 Å². The van der Waals surface area contributed by atoms with E-state index in [2.05, 4.69) is 0 Å². The van der Waals surface area contributed by atoms with Crippen LogP contribution in [-0.2, 0) is 19.2 Å². The third-order valence-corrected chi connectivity index (χ3v) is 10.9. The number of ketones is 2. The lowest BCUT2D eigenvalue weighted by Gasteiger charge is -2.54. The normalized spacial score (nSPS) is 29.4. The van der Waals surface area contributed by atoms with Crippen molar-refractivity contribution in [1.29, 1.82) is 0 Å². The Morgan fingerprint density at radius 3 is 2.27 bits per heavy atom. The molecular formula is C36H31NO8. The maximum atomic E-state index is 14.3. The third kappa shape index (κ3) is 3.76. The van der Waals surface area contributed by atoms with Crippen molar-refractivity contribution in [2.24, 2.45) is 29.1 Å². The molecule has 7 rings (SSSR count). The molecule has 0 aromatic heterocycles. The molecule has 3 aliphatic carbocycles. The summed E-state index contributed by atoms with van der Waals surface area (Å²) in [5, 5.41) is 31.7. The molecule has 2 fully saturated rings. The van der Waals surface area contributed by atoms with Gasteiger partial charge in [-0.2, -0.15) is 0 Å². The minimum atomic E-state index is -1.34. The van der Waals surface area contributed by atoms with Gasteiger partial charge in [0, 0.05) is 23.3 Å². The van der Waals surface area contributed by atoms with Gasteiger partial charge in [0.05, 0.1) is 22.9 Å². The molecule has 1 heterocycles. The first-order valence-electron chi connectivity index (χ1n) is 15.0. The van der Waals surface area contributed by atoms with Gasteiger partial charge in [0.1, 0.15) is 17.1 Å². The predicted octanol–water partition coefficient (Wildman–Crippen LogP) is 5.30. The Morgan fingerprint density at radius 1 is 0.867 bits per heavy atom. The van der Waals surface area contributed by atoms with E-state index in [4.69, 9.17) is 0 Å². The number of anilines is 1. The van der Waals surface area contributed by atoms with Crippen molar-refractivity contribution in [2.75, 3.05) is 4.90 Å². The van der Waals surface area contributed by atoms with Gasteiger partial charge in [-0.1, -0.05) is 48.9 Å². The van der Waals surface area contributed by atoms with Crippen LogP contribution in [0.5, 0.6) is 11.5 Å². The average molecular weight is 606 g/mol. The summed E-state index contributed by atoms with van der Waals surface area (Å²) < 4.78 is 0. The van der Waals surface area contributed by atoms with Gasteiger partial charge in [-0.05, 0) is 72.9 Å². The van der Waals surface area contributed by atoms with E-state index in [-0.39, 0.29) is 41.4 Å². The third-order valence-electron chi connectivity index (χ3n) is 10.9. The summed E-state index contributed by atoms with van der Waals surface area (Å²) in [6.45, 7) is 5.18. The summed E-state index contributed by atoms with van der Waals surface area (Å²) >= 11 is 0. The number of allylic oxidation sites excluding steroid dienone is 4. The molecule has 0 radical (unpaired) electrons. The topological polar surface area (TPSA) is 149 Å². The van der Waals surface area contributed by atoms with Crippen LogP contribution in [0.4, 0.5) is 5.69 Å². The van der Waals surface area contributed by atoms with E-state index in [1.165, 1.54) is 6.07 Å². The van der Waals surface area contributed by atoms with Gasteiger partial charge in [-0.25, -0.2) is 9.69 Å². The molecule has 3 aromatic carbocycles. The number of phenolic OH excluding ortho intramolecular Hbond substituents is 1. The number of phenols is 2. The second-order valence-electron chi connectivity index (χ2n) is 12.9. The van der Waals surface area contributed by atoms with Crippen LogP contribution in [0, 0.1) is 29.1 Å². The lowest BCUT2D eigenvalue weighted by Crippen LogP contribution is -2.55. The Hall–Kier alpha value is -5.05. The van der Waals surface area contributed by atoms with Crippen LogP contribution in [0.25, 0.3) is 10.8 Å². The Bertz CT molecular complexity index is 1970. The Balaban J connectivity index is 1.40. The first-order chi connectivity index (χ1) is 21.4. The molecule has 3 N–H and O–H groups in total. The van der Waals surface area contributed by atoms with Gasteiger partial charge in [-0.3, -0.25) is 19.2 Å². The lowest BCUT2D eigenvalue weighted by molar-refractivity contribution is -0.142. The molecular weight excluding hydrogens is 574 g/mol. The molecule has 0 spiro atoms. The SMILES string of the molecule is CC1=C(C)C(=O)[C@@]2(C)[C@@H](c3ccc(O)c4ccccc34)C3=CC[C@@H]4C(=O)N(c5ccc(C(=O)O)c(O)c5)C(=O)[C@@H]4[C@@H]3C[C@H]2C1=O. The quantitative estimate of drug-likeness (QED) is 0.269. The Morgan fingerprint density at radius 2 is 1.58 bits per heavy atom. The van der Waals surface area contributed by atoms with E-state index >= 15 is 0 Å². The van der Waals surface area contributed by atoms with E-state index in [9.17, 15) is 39.3 Å². The number of nitrogens with zero attached hydrogens (tertiary/aromatic N) is 1. The number of aromatic carboxylic acids is 1. The zero-order valence-electron chi connectivity index (χ0n) is 24.9. The van der Waals surface area contributed by atoms with Gasteiger partial charge in [0.25, 0.3) is 0 Å². The highest BCUT2D eigenvalue weighted by Crippen LogP contribution is 2.63. The van der Waals surface area contributed by atoms with Gasteiger partial charge in [-0.15, -0.1) is 0 Å². The summed E-state index contributed by atoms with van der Waals surface area (Å²) in [4.78, 5) is 68.8. The van der Waals surface area contributed by atoms with Crippen molar-refractivity contribution in [1.82, 2.24) is 0 Å². The number of hydrogen-bond acceptors (Lipinski definition) is 7. The van der Waals surface area contributed by atoms with Crippen LogP contribution in [0.2, 0.25) is 0 Å². The Kier molecular flexibility index (Phi) is 6.20. The molecule has 1 aliphatic heterocycles. The summed E-state index contributed by atoms with van der Waals surface area (Å²) in [6, 6.07) is 14.3. The van der Waals surface area contributed by atoms with Crippen molar-refractivity contribution in [3.05, 3.63) is 88.5 Å². The maximum Gasteiger partial charge on any atom is 0.339 e. The highest BCUT2D eigenvalue weighted by molar-refractivity contribution is 6.23. The van der Waals surface area contributed by atoms with E-state index in [0.29, 0.717) is 16.5 Å². The molecule has 1 saturated carbocycles. The molecule has 0 unspecified atom stereocenters. The molecule has 2 amide bonds. The van der Waals surface area contributed by atoms with E-state index < -0.39 is 58.5 Å². The molecule has 6 atom stereocenters. The molecule has 3 aromatic rings. The van der Waals surface area contributed by atoms with Gasteiger partial charge in [0.15, 0.2) is 11.6 Å². The first-order valence-corrected chi connectivity index (χ1v) is 15.0. The highest BCUT2D eigenvalue weighted by atomic mass is 16.4. The molecule has 9 nitrogen and oxygen atoms in total. The summed E-state index contributed by atoms with van der Waals surface area (Å²) in [7, 11) is 0. The van der Waals surface area contributed by atoms with Crippen LogP contribution in [0.15, 0.2) is 77.4 Å². The van der Waals surface area contributed by atoms with E-state index in [1.807, 2.05) is 31.2 Å². The monoisotopic (exact) mass is 605 g/mol. The molecule has 45 heavy (non-hydrogen) atoms. The van der Waals surface area contributed by atoms with Crippen molar-refractivity contribution in [2.45, 2.75) is 39.5 Å². The van der Waals surface area contributed by atoms with E-state index in [1.54, 1.807) is 32.0 Å². The fourth-order valence-electron chi connectivity index (χ4n) is 8.58. The van der Waals surface area contributed by atoms with Gasteiger partial charge in [0.2, 0.25) is 11.8 Å². The fraction of sp³-hybridized carbons (Fsp3) is 0.306. The summed E-state index contributed by atoms with van der Waals surface area (Å²) in [5.41, 5.74) is 0.966. The summed E-state index contributed by atoms with van der Waals surface area (Å²) in [5.74, 6) is -6.46. The molecule has 1 saturated heterocycles. The number of carbonyl (C=O) groups is 5. The number of hydrogen-bond donors (Lipinski definition) is 3. The van der Waals surface area contributed by atoms with Crippen molar-refractivity contribution in [3.63, 3.8) is 0 Å². The maximum absolute atomic E-state index is 14.3. The molecule has 228 valence electrons. The number of carboxylic acids is 1. The molecule has 4 aliphatic rings. The van der Waals surface area contributed by atoms with Crippen LogP contribution in [-0.4, -0.2) is 44.7 Å². The standard InChI is InChI=1S/C36H31NO8/c1-16-17(2)32(41)36(3)26(31(16)40)15-25-22(30(36)21-12-13-27(38)20-7-5-4-6-19(20)21)10-11-24-29(25)34(43)37(33(24)42)18-8-9-23(35(44)45)28(39)14-18/h4-10,12-14,24-26,29-30,38-39H,11,15H2,1-3H3,(H,44,45)/t24-,25+,26-,29-,30-,36+/m0/s1. The van der Waals surface area contributed by atoms with Gasteiger partial charge < -0.3 is 15.3 Å².